The van der Waals surface area contributed by atoms with Gasteiger partial charge in [0, 0.05) is 9.79 Å². The molecule has 4 rings (SSSR count). The van der Waals surface area contributed by atoms with Gasteiger partial charge in [-0.2, -0.15) is 0 Å². The lowest BCUT2D eigenvalue weighted by atomic mass is 10.1. The Morgan fingerprint density at radius 3 is 2.59 bits per heavy atom. The number of carbonyl (C=O) groups excluding carboxylic acids is 2. The molecule has 0 spiro atoms. The molecule has 3 aromatic rings. The summed E-state index contributed by atoms with van der Waals surface area (Å²) < 4.78 is 5.91. The van der Waals surface area contributed by atoms with Crippen molar-refractivity contribution in [3.63, 3.8) is 0 Å². The van der Waals surface area contributed by atoms with Crippen molar-refractivity contribution < 1.29 is 14.3 Å². The topological polar surface area (TPSA) is 67.4 Å². The molecule has 0 aliphatic carbocycles. The van der Waals surface area contributed by atoms with Gasteiger partial charge in [0.2, 0.25) is 0 Å². The van der Waals surface area contributed by atoms with E-state index in [0.717, 1.165) is 32.4 Å². The monoisotopic (exact) mass is 424 g/mol. The first kappa shape index (κ1) is 19.5. The number of hydrogen-bond donors (Lipinski definition) is 2. The molecular weight excluding hydrogens is 404 g/mol. The van der Waals surface area contributed by atoms with Gasteiger partial charge in [0.05, 0.1) is 4.88 Å². The van der Waals surface area contributed by atoms with Gasteiger partial charge in [-0.15, -0.1) is 11.3 Å². The number of aryl methyl sites for hydroxylation is 1. The molecule has 1 unspecified atom stereocenters. The fourth-order valence-corrected chi connectivity index (χ4v) is 5.12. The van der Waals surface area contributed by atoms with E-state index in [9.17, 15) is 9.59 Å². The maximum Gasteiger partial charge on any atom is 0.322 e. The second kappa shape index (κ2) is 8.71. The van der Waals surface area contributed by atoms with Crippen LogP contribution in [-0.2, 0) is 17.8 Å². The average Bonchev–Trinajstić information content (AvgIpc) is 3.32. The minimum atomic E-state index is -0.619. The summed E-state index contributed by atoms with van der Waals surface area (Å²) in [5.74, 6) is 0.499. The summed E-state index contributed by atoms with van der Waals surface area (Å²) in [5, 5.41) is 6.87. The normalized spacial score (nSPS) is 15.8. The summed E-state index contributed by atoms with van der Waals surface area (Å²) >= 11 is 3.03. The van der Waals surface area contributed by atoms with Crippen molar-refractivity contribution in [2.75, 3.05) is 0 Å². The Labute approximate surface area is 177 Å². The van der Waals surface area contributed by atoms with Crippen LogP contribution in [0.3, 0.4) is 0 Å². The number of carbonyl (C=O) groups is 2. The van der Waals surface area contributed by atoms with Gasteiger partial charge >= 0.3 is 6.03 Å². The molecule has 2 heterocycles. The van der Waals surface area contributed by atoms with Gasteiger partial charge in [-0.3, -0.25) is 10.1 Å². The minimum Gasteiger partial charge on any atom is -0.489 e. The molecule has 7 heteroatoms. The van der Waals surface area contributed by atoms with E-state index in [0.29, 0.717) is 6.61 Å². The Kier molecular flexibility index (Phi) is 5.87. The molecule has 2 N–H and O–H groups in total. The van der Waals surface area contributed by atoms with E-state index in [-0.39, 0.29) is 5.91 Å². The standard InChI is InChI=1S/C22H20N2O3S2/c1-2-14-4-3-5-15(12-14)13-27-16-6-8-17(9-7-16)29-18-10-11-28-20(18)19-21(25)24-22(26)23-19/h3-12,19H,2,13H2,1H3,(H2,23,24,25,26). The third kappa shape index (κ3) is 4.63. The SMILES string of the molecule is CCc1cccc(COc2ccc(Sc3ccsc3C3NC(=O)NC3=O)cc2)c1. The number of nitrogens with one attached hydrogen (secondary N) is 2. The highest BCUT2D eigenvalue weighted by Crippen LogP contribution is 2.38. The lowest BCUT2D eigenvalue weighted by molar-refractivity contribution is -0.120. The van der Waals surface area contributed by atoms with Crippen LogP contribution in [0.2, 0.25) is 0 Å². The molecule has 1 aliphatic heterocycles. The first-order valence-electron chi connectivity index (χ1n) is 9.29. The number of rotatable bonds is 7. The van der Waals surface area contributed by atoms with Gasteiger partial charge in [-0.1, -0.05) is 43.0 Å². The van der Waals surface area contributed by atoms with Crippen LogP contribution in [0.25, 0.3) is 0 Å². The predicted molar refractivity (Wildman–Crippen MR) is 114 cm³/mol. The van der Waals surface area contributed by atoms with Crippen LogP contribution in [0.5, 0.6) is 5.75 Å². The highest BCUT2D eigenvalue weighted by atomic mass is 32.2. The fraction of sp³-hybridized carbons (Fsp3) is 0.182. The number of benzene rings is 2. The summed E-state index contributed by atoms with van der Waals surface area (Å²) in [6.45, 7) is 2.67. The second-order valence-corrected chi connectivity index (χ2v) is 8.64. The number of imide groups is 1. The zero-order chi connectivity index (χ0) is 20.2. The highest BCUT2D eigenvalue weighted by molar-refractivity contribution is 7.99. The Bertz CT molecular complexity index is 1030. The summed E-state index contributed by atoms with van der Waals surface area (Å²) in [6.07, 6.45) is 1.01. The maximum absolute atomic E-state index is 11.9. The van der Waals surface area contributed by atoms with E-state index >= 15 is 0 Å². The molecule has 0 saturated carbocycles. The van der Waals surface area contributed by atoms with Gasteiger partial charge in [0.1, 0.15) is 18.4 Å². The van der Waals surface area contributed by atoms with Gasteiger partial charge in [0.25, 0.3) is 5.91 Å². The third-order valence-electron chi connectivity index (χ3n) is 4.55. The molecule has 1 aliphatic rings. The number of urea groups is 1. The molecule has 1 atom stereocenters. The molecule has 1 saturated heterocycles. The van der Waals surface area contributed by atoms with Crippen molar-refractivity contribution >= 4 is 35.0 Å². The lowest BCUT2D eigenvalue weighted by Crippen LogP contribution is -2.22. The van der Waals surface area contributed by atoms with Crippen molar-refractivity contribution in [2.24, 2.45) is 0 Å². The predicted octanol–water partition coefficient (Wildman–Crippen LogP) is 4.92. The number of hydrogen-bond acceptors (Lipinski definition) is 5. The molecule has 0 bridgehead atoms. The first-order chi connectivity index (χ1) is 14.1. The van der Waals surface area contributed by atoms with Crippen molar-refractivity contribution in [1.29, 1.82) is 0 Å². The molecule has 0 radical (unpaired) electrons. The summed E-state index contributed by atoms with van der Waals surface area (Å²) in [4.78, 5) is 26.2. The molecule has 3 amide bonds. The quantitative estimate of drug-likeness (QED) is 0.528. The molecule has 5 nitrogen and oxygen atoms in total. The highest BCUT2D eigenvalue weighted by Gasteiger charge is 2.33. The van der Waals surface area contributed by atoms with Crippen LogP contribution in [0.15, 0.2) is 69.8 Å². The van der Waals surface area contributed by atoms with Gasteiger partial charge in [-0.25, -0.2) is 4.79 Å². The van der Waals surface area contributed by atoms with Gasteiger partial charge in [-0.05, 0) is 53.3 Å². The van der Waals surface area contributed by atoms with Crippen LogP contribution >= 0.6 is 23.1 Å². The van der Waals surface area contributed by atoms with Crippen molar-refractivity contribution in [1.82, 2.24) is 10.6 Å². The Hall–Kier alpha value is -2.77. The van der Waals surface area contributed by atoms with Crippen molar-refractivity contribution in [2.45, 2.75) is 35.8 Å². The van der Waals surface area contributed by atoms with Gasteiger partial charge in [0.15, 0.2) is 0 Å². The van der Waals surface area contributed by atoms with Crippen LogP contribution in [0.1, 0.15) is 29.0 Å². The molecule has 1 aromatic heterocycles. The summed E-state index contributed by atoms with van der Waals surface area (Å²) in [5.41, 5.74) is 2.46. The van der Waals surface area contributed by atoms with Crippen LogP contribution in [-0.4, -0.2) is 11.9 Å². The Balaban J connectivity index is 1.40. The van der Waals surface area contributed by atoms with Crippen LogP contribution < -0.4 is 15.4 Å². The Morgan fingerprint density at radius 2 is 1.86 bits per heavy atom. The van der Waals surface area contributed by atoms with Crippen molar-refractivity contribution in [3.05, 3.63) is 76.0 Å². The fourth-order valence-electron chi connectivity index (χ4n) is 3.04. The zero-order valence-electron chi connectivity index (χ0n) is 15.8. The lowest BCUT2D eigenvalue weighted by Gasteiger charge is -2.10. The van der Waals surface area contributed by atoms with Crippen LogP contribution in [0.4, 0.5) is 4.79 Å². The Morgan fingerprint density at radius 1 is 1.07 bits per heavy atom. The van der Waals surface area contributed by atoms with E-state index in [1.54, 1.807) is 11.8 Å². The molecule has 1 fully saturated rings. The number of ether oxygens (including phenoxy) is 1. The number of amides is 3. The molecule has 29 heavy (non-hydrogen) atoms. The largest absolute Gasteiger partial charge is 0.489 e. The molecular formula is C22H20N2O3S2. The van der Waals surface area contributed by atoms with Crippen LogP contribution in [0, 0.1) is 0 Å². The minimum absolute atomic E-state index is 0.310. The maximum atomic E-state index is 11.9. The van der Waals surface area contributed by atoms with E-state index in [1.807, 2.05) is 35.7 Å². The van der Waals surface area contributed by atoms with Gasteiger partial charge < -0.3 is 10.1 Å². The zero-order valence-corrected chi connectivity index (χ0v) is 17.4. The smallest absolute Gasteiger partial charge is 0.322 e. The van der Waals surface area contributed by atoms with E-state index < -0.39 is 12.1 Å². The molecule has 2 aromatic carbocycles. The first-order valence-corrected chi connectivity index (χ1v) is 11.0. The average molecular weight is 425 g/mol. The number of thiophene rings is 1. The van der Waals surface area contributed by atoms with Crippen molar-refractivity contribution in [3.8, 4) is 5.75 Å². The summed E-state index contributed by atoms with van der Waals surface area (Å²) in [7, 11) is 0. The van der Waals surface area contributed by atoms with E-state index in [2.05, 4.69) is 41.8 Å². The second-order valence-electron chi connectivity index (χ2n) is 6.58. The molecule has 148 valence electrons. The third-order valence-corrected chi connectivity index (χ3v) is 6.75. The van der Waals surface area contributed by atoms with E-state index in [1.165, 1.54) is 16.9 Å². The van der Waals surface area contributed by atoms with E-state index in [4.69, 9.17) is 4.74 Å². The summed E-state index contributed by atoms with van der Waals surface area (Å²) in [6, 6.07) is 17.2.